The first-order chi connectivity index (χ1) is 10.6. The summed E-state index contributed by atoms with van der Waals surface area (Å²) in [5.41, 5.74) is 7.40. The number of benzene rings is 1. The number of rotatable bonds is 6. The zero-order valence-electron chi connectivity index (χ0n) is 13.6. The molecule has 0 spiro atoms. The van der Waals surface area contributed by atoms with Crippen molar-refractivity contribution in [3.63, 3.8) is 0 Å². The number of nitrogens with two attached hydrogens (primary N) is 1. The Bertz CT molecular complexity index is 494. The van der Waals surface area contributed by atoms with Crippen LogP contribution in [-0.2, 0) is 16.1 Å². The number of amides is 1. The third kappa shape index (κ3) is 4.29. The number of ether oxygens (including phenoxy) is 1. The molecule has 1 aromatic rings. The van der Waals surface area contributed by atoms with E-state index in [0.717, 1.165) is 25.3 Å². The molecule has 1 aromatic carbocycles. The first-order valence-electron chi connectivity index (χ1n) is 8.07. The second-order valence-corrected chi connectivity index (χ2v) is 5.88. The quantitative estimate of drug-likeness (QED) is 0.843. The molecule has 1 fully saturated rings. The molecule has 1 amide bonds. The first-order valence-corrected chi connectivity index (χ1v) is 8.07. The molecule has 3 N–H and O–H groups in total. The molecule has 0 saturated carbocycles. The van der Waals surface area contributed by atoms with Gasteiger partial charge in [0.15, 0.2) is 0 Å². The maximum Gasteiger partial charge on any atom is 0.244 e. The predicted octanol–water partition coefficient (Wildman–Crippen LogP) is 1.97. The van der Waals surface area contributed by atoms with Crippen molar-refractivity contribution in [1.29, 1.82) is 0 Å². The molecule has 0 aliphatic carbocycles. The molecule has 5 heteroatoms. The normalized spacial score (nSPS) is 17.5. The second kappa shape index (κ2) is 7.72. The van der Waals surface area contributed by atoms with Gasteiger partial charge in [-0.1, -0.05) is 26.0 Å². The number of nitrogens with one attached hydrogen (secondary N) is 1. The third-order valence-electron chi connectivity index (χ3n) is 4.32. The van der Waals surface area contributed by atoms with E-state index in [9.17, 15) is 4.79 Å². The Labute approximate surface area is 132 Å². The molecule has 0 unspecified atom stereocenters. The molecule has 1 heterocycles. The van der Waals surface area contributed by atoms with Crippen LogP contribution >= 0.6 is 0 Å². The lowest BCUT2D eigenvalue weighted by molar-refractivity contribution is -0.124. The van der Waals surface area contributed by atoms with Crippen molar-refractivity contribution in [2.75, 3.05) is 31.6 Å². The Hall–Kier alpha value is -1.43. The molecular formula is C17H27N3O2. The largest absolute Gasteiger partial charge is 0.381 e. The maximum absolute atomic E-state index is 12.4. The highest BCUT2D eigenvalue weighted by Gasteiger charge is 2.35. The lowest BCUT2D eigenvalue weighted by Gasteiger charge is -2.31. The van der Waals surface area contributed by atoms with E-state index in [0.29, 0.717) is 26.1 Å². The van der Waals surface area contributed by atoms with Crippen LogP contribution in [0.15, 0.2) is 24.3 Å². The van der Waals surface area contributed by atoms with Crippen LogP contribution in [0.4, 0.5) is 5.69 Å². The van der Waals surface area contributed by atoms with Crippen LogP contribution in [0.5, 0.6) is 0 Å². The van der Waals surface area contributed by atoms with Gasteiger partial charge in [-0.05, 0) is 43.6 Å². The maximum atomic E-state index is 12.4. The van der Waals surface area contributed by atoms with Crippen LogP contribution in [0.2, 0.25) is 0 Å². The Balaban J connectivity index is 2.02. The minimum Gasteiger partial charge on any atom is -0.381 e. The van der Waals surface area contributed by atoms with Gasteiger partial charge in [0.2, 0.25) is 5.91 Å². The van der Waals surface area contributed by atoms with Gasteiger partial charge in [-0.3, -0.25) is 9.69 Å². The van der Waals surface area contributed by atoms with Crippen LogP contribution in [0.25, 0.3) is 0 Å². The lowest BCUT2D eigenvalue weighted by atomic mass is 9.90. The van der Waals surface area contributed by atoms with Crippen molar-refractivity contribution in [3.05, 3.63) is 29.8 Å². The fraction of sp³-hybridized carbons (Fsp3) is 0.588. The number of anilines is 1. The highest BCUT2D eigenvalue weighted by atomic mass is 16.5. The highest BCUT2D eigenvalue weighted by Crippen LogP contribution is 2.21. The van der Waals surface area contributed by atoms with E-state index < -0.39 is 5.54 Å². The van der Waals surface area contributed by atoms with Crippen molar-refractivity contribution in [2.24, 2.45) is 5.73 Å². The van der Waals surface area contributed by atoms with Gasteiger partial charge >= 0.3 is 0 Å². The zero-order valence-corrected chi connectivity index (χ0v) is 13.6. The number of nitrogens with zero attached hydrogens (tertiary/aromatic N) is 1. The summed E-state index contributed by atoms with van der Waals surface area (Å²) >= 11 is 0. The summed E-state index contributed by atoms with van der Waals surface area (Å²) in [5.74, 6) is -0.115. The fourth-order valence-corrected chi connectivity index (χ4v) is 2.67. The molecule has 122 valence electrons. The number of hydrogen-bond acceptors (Lipinski definition) is 4. The van der Waals surface area contributed by atoms with Gasteiger partial charge in [0.25, 0.3) is 0 Å². The molecule has 0 atom stereocenters. The van der Waals surface area contributed by atoms with Crippen molar-refractivity contribution in [3.8, 4) is 0 Å². The minimum absolute atomic E-state index is 0.115. The molecule has 0 bridgehead atoms. The SMILES string of the molecule is CCN(CC)Cc1cccc(NC(=O)C2(N)CCOCC2)c1. The summed E-state index contributed by atoms with van der Waals surface area (Å²) in [4.78, 5) is 14.8. The van der Waals surface area contributed by atoms with Gasteiger partial charge in [0, 0.05) is 25.4 Å². The van der Waals surface area contributed by atoms with Gasteiger partial charge < -0.3 is 15.8 Å². The predicted molar refractivity (Wildman–Crippen MR) is 88.7 cm³/mol. The third-order valence-corrected chi connectivity index (χ3v) is 4.32. The molecule has 0 radical (unpaired) electrons. The zero-order chi connectivity index (χ0) is 16.0. The van der Waals surface area contributed by atoms with Crippen molar-refractivity contribution in [2.45, 2.75) is 38.8 Å². The number of carbonyl (C=O) groups excluding carboxylic acids is 1. The molecule has 0 aromatic heterocycles. The standard InChI is InChI=1S/C17H27N3O2/c1-3-20(4-2)13-14-6-5-7-15(12-14)19-16(21)17(18)8-10-22-11-9-17/h5-7,12H,3-4,8-11,13,18H2,1-2H3,(H,19,21). The van der Waals surface area contributed by atoms with E-state index >= 15 is 0 Å². The van der Waals surface area contributed by atoms with Crippen LogP contribution < -0.4 is 11.1 Å². The first kappa shape index (κ1) is 16.9. The molecule has 5 nitrogen and oxygen atoms in total. The molecular weight excluding hydrogens is 278 g/mol. The summed E-state index contributed by atoms with van der Waals surface area (Å²) in [6, 6.07) is 7.99. The Morgan fingerprint density at radius 1 is 1.32 bits per heavy atom. The molecule has 1 aliphatic heterocycles. The van der Waals surface area contributed by atoms with Gasteiger partial charge in [0.1, 0.15) is 5.54 Å². The van der Waals surface area contributed by atoms with Crippen molar-refractivity contribution in [1.82, 2.24) is 4.90 Å². The monoisotopic (exact) mass is 305 g/mol. The van der Waals surface area contributed by atoms with Crippen LogP contribution in [0.1, 0.15) is 32.3 Å². The Morgan fingerprint density at radius 2 is 2.00 bits per heavy atom. The van der Waals surface area contributed by atoms with Crippen molar-refractivity contribution >= 4 is 11.6 Å². The van der Waals surface area contributed by atoms with Gasteiger partial charge in [0.05, 0.1) is 0 Å². The van der Waals surface area contributed by atoms with Gasteiger partial charge in [-0.25, -0.2) is 0 Å². The van der Waals surface area contributed by atoms with Gasteiger partial charge in [-0.2, -0.15) is 0 Å². The Morgan fingerprint density at radius 3 is 2.64 bits per heavy atom. The number of hydrogen-bond donors (Lipinski definition) is 2. The average molecular weight is 305 g/mol. The van der Waals surface area contributed by atoms with E-state index in [1.807, 2.05) is 18.2 Å². The summed E-state index contributed by atoms with van der Waals surface area (Å²) in [6.07, 6.45) is 1.13. The number of carbonyl (C=O) groups is 1. The van der Waals surface area contributed by atoms with E-state index in [2.05, 4.69) is 30.1 Å². The van der Waals surface area contributed by atoms with E-state index in [1.54, 1.807) is 0 Å². The van der Waals surface area contributed by atoms with E-state index in [4.69, 9.17) is 10.5 Å². The van der Waals surface area contributed by atoms with Gasteiger partial charge in [-0.15, -0.1) is 0 Å². The highest BCUT2D eigenvalue weighted by molar-refractivity contribution is 5.98. The van der Waals surface area contributed by atoms with Crippen molar-refractivity contribution < 1.29 is 9.53 Å². The van der Waals surface area contributed by atoms with E-state index in [1.165, 1.54) is 5.56 Å². The smallest absolute Gasteiger partial charge is 0.244 e. The topological polar surface area (TPSA) is 67.6 Å². The summed E-state index contributed by atoms with van der Waals surface area (Å²) < 4.78 is 5.29. The second-order valence-electron chi connectivity index (χ2n) is 5.88. The van der Waals surface area contributed by atoms with E-state index in [-0.39, 0.29) is 5.91 Å². The van der Waals surface area contributed by atoms with Crippen LogP contribution in [0.3, 0.4) is 0 Å². The average Bonchev–Trinajstić information content (AvgIpc) is 2.53. The fourth-order valence-electron chi connectivity index (χ4n) is 2.67. The summed E-state index contributed by atoms with van der Waals surface area (Å²) in [5, 5.41) is 2.96. The lowest BCUT2D eigenvalue weighted by Crippen LogP contribution is -2.54. The molecule has 1 aliphatic rings. The molecule has 2 rings (SSSR count). The summed E-state index contributed by atoms with van der Waals surface area (Å²) in [7, 11) is 0. The molecule has 1 saturated heterocycles. The van der Waals surface area contributed by atoms with Crippen LogP contribution in [-0.4, -0.2) is 42.6 Å². The van der Waals surface area contributed by atoms with Crippen LogP contribution in [0, 0.1) is 0 Å². The Kier molecular flexibility index (Phi) is 5.94. The summed E-state index contributed by atoms with van der Waals surface area (Å²) in [6.45, 7) is 8.31. The minimum atomic E-state index is -0.812. The molecule has 22 heavy (non-hydrogen) atoms.